The number of benzene rings is 1. The second-order valence-electron chi connectivity index (χ2n) is 2.27. The summed E-state index contributed by atoms with van der Waals surface area (Å²) < 4.78 is 0. The van der Waals surface area contributed by atoms with Crippen LogP contribution < -0.4 is 5.32 Å². The summed E-state index contributed by atoms with van der Waals surface area (Å²) >= 11 is 0. The topological polar surface area (TPSA) is 29.1 Å². The van der Waals surface area contributed by atoms with E-state index in [0.717, 1.165) is 5.69 Å². The van der Waals surface area contributed by atoms with E-state index >= 15 is 0 Å². The van der Waals surface area contributed by atoms with Crippen LogP contribution in [0.2, 0.25) is 0 Å². The molecular weight excluding hydrogens is 186 g/mol. The zero-order chi connectivity index (χ0) is 12.1. The van der Waals surface area contributed by atoms with E-state index in [1.807, 2.05) is 65.0 Å². The molecule has 1 aromatic carbocycles. The molecule has 0 spiro atoms. The van der Waals surface area contributed by atoms with Crippen LogP contribution in [0.25, 0.3) is 0 Å². The molecule has 0 saturated carbocycles. The van der Waals surface area contributed by atoms with Gasteiger partial charge in [-0.3, -0.25) is 4.79 Å². The Balaban J connectivity index is 0. The number of anilines is 1. The van der Waals surface area contributed by atoms with Gasteiger partial charge in [-0.05, 0) is 12.1 Å². The molecule has 0 heterocycles. The number of nitrogens with one attached hydrogen (secondary N) is 1. The summed E-state index contributed by atoms with van der Waals surface area (Å²) in [7, 11) is 0. The Bertz CT molecular complexity index is 232. The number of amides is 1. The maximum Gasteiger partial charge on any atom is 0.224 e. The maximum atomic E-state index is 10.9. The fourth-order valence-corrected chi connectivity index (χ4v) is 0.771. The first-order valence-electron chi connectivity index (χ1n) is 5.68. The molecule has 2 nitrogen and oxygen atoms in total. The van der Waals surface area contributed by atoms with E-state index in [4.69, 9.17) is 0 Å². The van der Waals surface area contributed by atoms with Gasteiger partial charge in [0.25, 0.3) is 0 Å². The zero-order valence-corrected chi connectivity index (χ0v) is 10.5. The van der Waals surface area contributed by atoms with Gasteiger partial charge < -0.3 is 5.32 Å². The molecule has 0 bridgehead atoms. The summed E-state index contributed by atoms with van der Waals surface area (Å²) in [4.78, 5) is 10.9. The van der Waals surface area contributed by atoms with Crippen LogP contribution in [0.15, 0.2) is 30.3 Å². The minimum Gasteiger partial charge on any atom is -0.326 e. The molecule has 0 unspecified atom stereocenters. The molecule has 1 N–H and O–H groups in total. The van der Waals surface area contributed by atoms with Gasteiger partial charge in [0.15, 0.2) is 0 Å². The van der Waals surface area contributed by atoms with E-state index in [2.05, 4.69) is 5.32 Å². The van der Waals surface area contributed by atoms with Crippen molar-refractivity contribution in [3.63, 3.8) is 0 Å². The van der Waals surface area contributed by atoms with Crippen molar-refractivity contribution in [2.75, 3.05) is 5.32 Å². The Morgan fingerprint density at radius 3 is 1.93 bits per heavy atom. The fourth-order valence-electron chi connectivity index (χ4n) is 0.771. The Hall–Kier alpha value is -1.31. The maximum absolute atomic E-state index is 10.9. The smallest absolute Gasteiger partial charge is 0.224 e. The Kier molecular flexibility index (Phi) is 13.6. The van der Waals surface area contributed by atoms with Crippen LogP contribution in [0.3, 0.4) is 0 Å². The number of hydrogen-bond acceptors (Lipinski definition) is 1. The second kappa shape index (κ2) is 12.7. The van der Waals surface area contributed by atoms with E-state index in [0.29, 0.717) is 6.42 Å². The first-order valence-corrected chi connectivity index (χ1v) is 5.68. The molecular formula is C13H23NO. The van der Waals surface area contributed by atoms with E-state index in [1.54, 1.807) is 0 Å². The van der Waals surface area contributed by atoms with Gasteiger partial charge in [0.1, 0.15) is 0 Å². The molecule has 0 fully saturated rings. The van der Waals surface area contributed by atoms with Crippen molar-refractivity contribution in [2.24, 2.45) is 0 Å². The first kappa shape index (κ1) is 16.1. The Morgan fingerprint density at radius 1 is 1.07 bits per heavy atom. The highest BCUT2D eigenvalue weighted by atomic mass is 16.1. The van der Waals surface area contributed by atoms with E-state index < -0.39 is 0 Å². The standard InChI is InChI=1S/C9H11NO.2C2H6/c1-2-9(11)10-8-6-4-3-5-7-8;2*1-2/h3-7H,2H2,1H3,(H,10,11);2*1-2H3. The van der Waals surface area contributed by atoms with Crippen LogP contribution in [0.4, 0.5) is 5.69 Å². The molecule has 0 saturated heterocycles. The van der Waals surface area contributed by atoms with Gasteiger partial charge in [0.05, 0.1) is 0 Å². The summed E-state index contributed by atoms with van der Waals surface area (Å²) in [6.45, 7) is 9.83. The summed E-state index contributed by atoms with van der Waals surface area (Å²) in [6.07, 6.45) is 0.523. The van der Waals surface area contributed by atoms with Gasteiger partial charge in [0.2, 0.25) is 5.91 Å². The van der Waals surface area contributed by atoms with Gasteiger partial charge in [-0.25, -0.2) is 0 Å². The molecule has 0 aliphatic rings. The Morgan fingerprint density at radius 2 is 1.53 bits per heavy atom. The highest BCUT2D eigenvalue weighted by molar-refractivity contribution is 5.90. The molecule has 0 aromatic heterocycles. The number of para-hydroxylation sites is 1. The predicted molar refractivity (Wildman–Crippen MR) is 68.1 cm³/mol. The molecule has 1 aromatic rings. The zero-order valence-electron chi connectivity index (χ0n) is 10.5. The van der Waals surface area contributed by atoms with Crippen LogP contribution in [0.5, 0.6) is 0 Å². The van der Waals surface area contributed by atoms with Gasteiger partial charge in [-0.1, -0.05) is 52.8 Å². The molecule has 0 aliphatic heterocycles. The van der Waals surface area contributed by atoms with Gasteiger partial charge >= 0.3 is 0 Å². The van der Waals surface area contributed by atoms with Crippen LogP contribution >= 0.6 is 0 Å². The quantitative estimate of drug-likeness (QED) is 0.781. The van der Waals surface area contributed by atoms with Crippen molar-refractivity contribution in [1.29, 1.82) is 0 Å². The largest absolute Gasteiger partial charge is 0.326 e. The van der Waals surface area contributed by atoms with Crippen molar-refractivity contribution in [1.82, 2.24) is 0 Å². The average molecular weight is 209 g/mol. The Labute approximate surface area is 93.7 Å². The molecule has 1 rings (SSSR count). The SMILES string of the molecule is CC.CC.CCC(=O)Nc1ccccc1. The average Bonchev–Trinajstić information content (AvgIpc) is 2.35. The molecule has 0 aliphatic carbocycles. The minimum atomic E-state index is 0.0520. The van der Waals surface area contributed by atoms with Crippen molar-refractivity contribution >= 4 is 11.6 Å². The summed E-state index contributed by atoms with van der Waals surface area (Å²) in [5.74, 6) is 0.0520. The summed E-state index contributed by atoms with van der Waals surface area (Å²) in [5, 5.41) is 2.75. The van der Waals surface area contributed by atoms with Crippen molar-refractivity contribution < 1.29 is 4.79 Å². The van der Waals surface area contributed by atoms with Crippen molar-refractivity contribution in [3.8, 4) is 0 Å². The second-order valence-corrected chi connectivity index (χ2v) is 2.27. The molecule has 0 atom stereocenters. The number of rotatable bonds is 2. The molecule has 86 valence electrons. The summed E-state index contributed by atoms with van der Waals surface area (Å²) in [6, 6.07) is 9.44. The van der Waals surface area contributed by atoms with Crippen LogP contribution in [0, 0.1) is 0 Å². The molecule has 0 radical (unpaired) electrons. The van der Waals surface area contributed by atoms with Crippen LogP contribution in [-0.2, 0) is 4.79 Å². The highest BCUT2D eigenvalue weighted by Crippen LogP contribution is 2.04. The van der Waals surface area contributed by atoms with E-state index in [-0.39, 0.29) is 5.91 Å². The van der Waals surface area contributed by atoms with Crippen LogP contribution in [0.1, 0.15) is 41.0 Å². The third-order valence-corrected chi connectivity index (χ3v) is 1.38. The number of hydrogen-bond donors (Lipinski definition) is 1. The lowest BCUT2D eigenvalue weighted by Gasteiger charge is -2.00. The fraction of sp³-hybridized carbons (Fsp3) is 0.462. The lowest BCUT2D eigenvalue weighted by molar-refractivity contribution is -0.115. The van der Waals surface area contributed by atoms with E-state index in [9.17, 15) is 4.79 Å². The number of carbonyl (C=O) groups is 1. The van der Waals surface area contributed by atoms with Crippen molar-refractivity contribution in [2.45, 2.75) is 41.0 Å². The van der Waals surface area contributed by atoms with E-state index in [1.165, 1.54) is 0 Å². The molecule has 2 heteroatoms. The lowest BCUT2D eigenvalue weighted by Crippen LogP contribution is -2.08. The molecule has 1 amide bonds. The first-order chi connectivity index (χ1) is 7.33. The third-order valence-electron chi connectivity index (χ3n) is 1.38. The summed E-state index contributed by atoms with van der Waals surface area (Å²) in [5.41, 5.74) is 0.861. The van der Waals surface area contributed by atoms with Crippen LogP contribution in [-0.4, -0.2) is 5.91 Å². The third kappa shape index (κ3) is 9.01. The normalized spacial score (nSPS) is 7.53. The predicted octanol–water partition coefficient (Wildman–Crippen LogP) is 4.09. The minimum absolute atomic E-state index is 0.0520. The monoisotopic (exact) mass is 209 g/mol. The number of carbonyl (C=O) groups excluding carboxylic acids is 1. The van der Waals surface area contributed by atoms with Crippen molar-refractivity contribution in [3.05, 3.63) is 30.3 Å². The van der Waals surface area contributed by atoms with Gasteiger partial charge in [0, 0.05) is 12.1 Å². The highest BCUT2D eigenvalue weighted by Gasteiger charge is 1.95. The van der Waals surface area contributed by atoms with Gasteiger partial charge in [-0.2, -0.15) is 0 Å². The lowest BCUT2D eigenvalue weighted by atomic mass is 10.3. The van der Waals surface area contributed by atoms with Gasteiger partial charge in [-0.15, -0.1) is 0 Å². The molecule has 15 heavy (non-hydrogen) atoms.